The normalized spacial score (nSPS) is 23.6. The van der Waals surface area contributed by atoms with Gasteiger partial charge >= 0.3 is 0 Å². The van der Waals surface area contributed by atoms with E-state index in [0.717, 1.165) is 12.1 Å². The lowest BCUT2D eigenvalue weighted by Gasteiger charge is -2.35. The highest BCUT2D eigenvalue weighted by molar-refractivity contribution is 7.91. The van der Waals surface area contributed by atoms with Crippen molar-refractivity contribution in [3.63, 3.8) is 0 Å². The second-order valence-electron chi connectivity index (χ2n) is 5.95. The molecule has 1 heterocycles. The molecule has 0 radical (unpaired) electrons. The average Bonchev–Trinajstić information content (AvgIpc) is 2.30. The Morgan fingerprint density at radius 2 is 2.15 bits per heavy atom. The Hall–Kier alpha value is -1.07. The Morgan fingerprint density at radius 1 is 1.45 bits per heavy atom. The number of anilines is 1. The number of benzene rings is 1. The van der Waals surface area contributed by atoms with Gasteiger partial charge in [-0.2, -0.15) is 0 Å². The Bertz CT molecular complexity index is 582. The molecule has 0 aliphatic carbocycles. The van der Waals surface area contributed by atoms with Crippen molar-refractivity contribution in [2.24, 2.45) is 5.73 Å². The van der Waals surface area contributed by atoms with Crippen LogP contribution in [0.15, 0.2) is 18.2 Å². The minimum absolute atomic E-state index is 0.0347. The number of sulfone groups is 1. The zero-order valence-corrected chi connectivity index (χ0v) is 13.3. The smallest absolute Gasteiger partial charge is 0.154 e. The van der Waals surface area contributed by atoms with Gasteiger partial charge in [-0.05, 0) is 50.5 Å². The molecule has 2 unspecified atom stereocenters. The molecular formula is C15H24N2O2S. The van der Waals surface area contributed by atoms with Gasteiger partial charge < -0.3 is 10.6 Å². The van der Waals surface area contributed by atoms with Crippen LogP contribution in [0.2, 0.25) is 0 Å². The van der Waals surface area contributed by atoms with Crippen molar-refractivity contribution in [1.82, 2.24) is 0 Å². The molecule has 2 atom stereocenters. The van der Waals surface area contributed by atoms with E-state index in [9.17, 15) is 8.42 Å². The van der Waals surface area contributed by atoms with Crippen molar-refractivity contribution in [1.29, 1.82) is 0 Å². The lowest BCUT2D eigenvalue weighted by atomic mass is 10.0. The molecule has 1 aliphatic heterocycles. The molecule has 1 aliphatic rings. The fourth-order valence-electron chi connectivity index (χ4n) is 2.82. The number of aryl methyl sites for hydroxylation is 1. The number of hydrogen-bond acceptors (Lipinski definition) is 4. The summed E-state index contributed by atoms with van der Waals surface area (Å²) in [6.45, 7) is 6.65. The molecule has 0 spiro atoms. The highest BCUT2D eigenvalue weighted by Gasteiger charge is 2.28. The summed E-state index contributed by atoms with van der Waals surface area (Å²) in [5, 5.41) is 0. The van der Waals surface area contributed by atoms with Crippen molar-refractivity contribution in [2.75, 3.05) is 23.0 Å². The summed E-state index contributed by atoms with van der Waals surface area (Å²) in [5.74, 6) is 0.492. The van der Waals surface area contributed by atoms with Crippen molar-refractivity contribution in [3.8, 4) is 0 Å². The summed E-state index contributed by atoms with van der Waals surface area (Å²) in [5.41, 5.74) is 9.45. The van der Waals surface area contributed by atoms with Crippen LogP contribution in [-0.2, 0) is 16.3 Å². The SMILES string of the molecule is Cc1cc(N2CCS(=O)(=O)CC2C)ccc1CC(C)N. The van der Waals surface area contributed by atoms with Gasteiger partial charge in [0.05, 0.1) is 11.5 Å². The van der Waals surface area contributed by atoms with Gasteiger partial charge in [-0.1, -0.05) is 6.07 Å². The van der Waals surface area contributed by atoms with Gasteiger partial charge in [-0.3, -0.25) is 0 Å². The summed E-state index contributed by atoms with van der Waals surface area (Å²) < 4.78 is 23.3. The van der Waals surface area contributed by atoms with Crippen LogP contribution in [0.5, 0.6) is 0 Å². The highest BCUT2D eigenvalue weighted by atomic mass is 32.2. The first-order chi connectivity index (χ1) is 9.28. The molecule has 1 aromatic rings. The highest BCUT2D eigenvalue weighted by Crippen LogP contribution is 2.24. The lowest BCUT2D eigenvalue weighted by molar-refractivity contribution is 0.568. The summed E-state index contributed by atoms with van der Waals surface area (Å²) >= 11 is 0. The molecule has 2 rings (SSSR count). The Balaban J connectivity index is 2.20. The van der Waals surface area contributed by atoms with Crippen molar-refractivity contribution >= 4 is 15.5 Å². The summed E-state index contributed by atoms with van der Waals surface area (Å²) in [7, 11) is -2.87. The summed E-state index contributed by atoms with van der Waals surface area (Å²) in [6.07, 6.45) is 0.871. The van der Waals surface area contributed by atoms with Crippen LogP contribution in [0.25, 0.3) is 0 Å². The number of rotatable bonds is 3. The lowest BCUT2D eigenvalue weighted by Crippen LogP contribution is -2.47. The standard InChI is InChI=1S/C15H24N2O2S/c1-11-8-15(5-4-14(11)9-12(2)16)17-6-7-20(18,19)10-13(17)3/h4-5,8,12-13H,6-7,9-10,16H2,1-3H3. The molecule has 1 aromatic carbocycles. The minimum Gasteiger partial charge on any atom is -0.367 e. The van der Waals surface area contributed by atoms with Gasteiger partial charge in [0.25, 0.3) is 0 Å². The topological polar surface area (TPSA) is 63.4 Å². The molecule has 0 aromatic heterocycles. The minimum atomic E-state index is -2.87. The average molecular weight is 296 g/mol. The monoisotopic (exact) mass is 296 g/mol. The Labute approximate surface area is 121 Å². The summed E-state index contributed by atoms with van der Waals surface area (Å²) in [6, 6.07) is 6.53. The maximum Gasteiger partial charge on any atom is 0.154 e. The summed E-state index contributed by atoms with van der Waals surface area (Å²) in [4.78, 5) is 2.18. The number of nitrogens with two attached hydrogens (primary N) is 1. The number of hydrogen-bond donors (Lipinski definition) is 1. The second-order valence-corrected chi connectivity index (χ2v) is 8.18. The molecule has 0 amide bonds. The van der Waals surface area contributed by atoms with Crippen LogP contribution < -0.4 is 10.6 Å². The first-order valence-electron chi connectivity index (χ1n) is 7.10. The van der Waals surface area contributed by atoms with E-state index in [-0.39, 0.29) is 23.6 Å². The molecule has 0 saturated carbocycles. The fourth-order valence-corrected chi connectivity index (χ4v) is 4.37. The predicted octanol–water partition coefficient (Wildman–Crippen LogP) is 1.51. The molecular weight excluding hydrogens is 272 g/mol. The predicted molar refractivity (Wildman–Crippen MR) is 84.0 cm³/mol. The van der Waals surface area contributed by atoms with E-state index in [1.54, 1.807) is 0 Å². The zero-order valence-electron chi connectivity index (χ0n) is 12.5. The van der Waals surface area contributed by atoms with E-state index < -0.39 is 9.84 Å². The van der Waals surface area contributed by atoms with Crippen LogP contribution in [-0.4, -0.2) is 38.6 Å². The zero-order chi connectivity index (χ0) is 14.9. The van der Waals surface area contributed by atoms with Crippen molar-refractivity contribution < 1.29 is 8.42 Å². The second kappa shape index (κ2) is 5.74. The quantitative estimate of drug-likeness (QED) is 0.918. The third-order valence-electron chi connectivity index (χ3n) is 3.87. The van der Waals surface area contributed by atoms with Crippen molar-refractivity contribution in [3.05, 3.63) is 29.3 Å². The van der Waals surface area contributed by atoms with Gasteiger partial charge in [0.1, 0.15) is 0 Å². The van der Waals surface area contributed by atoms with Gasteiger partial charge in [0.2, 0.25) is 0 Å². The van der Waals surface area contributed by atoms with Crippen LogP contribution in [0.4, 0.5) is 5.69 Å². The molecule has 112 valence electrons. The first-order valence-corrected chi connectivity index (χ1v) is 8.93. The molecule has 1 saturated heterocycles. The maximum atomic E-state index is 11.6. The van der Waals surface area contributed by atoms with Gasteiger partial charge in [0, 0.05) is 24.3 Å². The van der Waals surface area contributed by atoms with Crippen LogP contribution >= 0.6 is 0 Å². The number of nitrogens with zero attached hydrogens (tertiary/aromatic N) is 1. The van der Waals surface area contributed by atoms with Gasteiger partial charge in [-0.15, -0.1) is 0 Å². The largest absolute Gasteiger partial charge is 0.367 e. The first kappa shape index (κ1) is 15.3. The molecule has 0 bridgehead atoms. The van der Waals surface area contributed by atoms with E-state index >= 15 is 0 Å². The van der Waals surface area contributed by atoms with E-state index in [4.69, 9.17) is 5.73 Å². The van der Waals surface area contributed by atoms with E-state index in [1.807, 2.05) is 13.8 Å². The van der Waals surface area contributed by atoms with Gasteiger partial charge in [0.15, 0.2) is 9.84 Å². The third kappa shape index (κ3) is 3.52. The van der Waals surface area contributed by atoms with Gasteiger partial charge in [-0.25, -0.2) is 8.42 Å². The molecule has 1 fully saturated rings. The van der Waals surface area contributed by atoms with E-state index in [1.165, 1.54) is 11.1 Å². The Kier molecular flexibility index (Phi) is 4.39. The van der Waals surface area contributed by atoms with Crippen LogP contribution in [0.3, 0.4) is 0 Å². The van der Waals surface area contributed by atoms with Crippen LogP contribution in [0.1, 0.15) is 25.0 Å². The van der Waals surface area contributed by atoms with Crippen LogP contribution in [0, 0.1) is 6.92 Å². The van der Waals surface area contributed by atoms with E-state index in [2.05, 4.69) is 30.0 Å². The Morgan fingerprint density at radius 3 is 2.70 bits per heavy atom. The van der Waals surface area contributed by atoms with Crippen molar-refractivity contribution in [2.45, 2.75) is 39.3 Å². The molecule has 4 nitrogen and oxygen atoms in total. The third-order valence-corrected chi connectivity index (χ3v) is 5.66. The molecule has 5 heteroatoms. The molecule has 2 N–H and O–H groups in total. The fraction of sp³-hybridized carbons (Fsp3) is 0.600. The molecule has 20 heavy (non-hydrogen) atoms. The van der Waals surface area contributed by atoms with E-state index in [0.29, 0.717) is 6.54 Å². The maximum absolute atomic E-state index is 11.6.